The van der Waals surface area contributed by atoms with Crippen LogP contribution in [-0.4, -0.2) is 46.2 Å². The standard InChI is InChI=1S/C18H19FN2O3/c19-15-1-3-16(4-2-15)24-13-18(23)7-10-21(12-18)17(22)11-14-5-8-20-9-6-14/h1-6,8-9,23H,7,10-13H2/t18-/m1/s1. The molecule has 1 aliphatic rings. The predicted octanol–water partition coefficient (Wildman–Crippen LogP) is 1.81. The SMILES string of the molecule is O=C(Cc1ccncc1)N1CC[C@](O)(COc2ccc(F)cc2)C1. The summed E-state index contributed by atoms with van der Waals surface area (Å²) in [6.45, 7) is 0.795. The summed E-state index contributed by atoms with van der Waals surface area (Å²) in [6, 6.07) is 9.24. The molecule has 24 heavy (non-hydrogen) atoms. The average molecular weight is 330 g/mol. The number of carbonyl (C=O) groups is 1. The number of benzene rings is 1. The topological polar surface area (TPSA) is 62.7 Å². The monoisotopic (exact) mass is 330 g/mol. The fourth-order valence-electron chi connectivity index (χ4n) is 2.72. The maximum absolute atomic E-state index is 12.9. The molecular weight excluding hydrogens is 311 g/mol. The zero-order valence-electron chi connectivity index (χ0n) is 13.2. The molecule has 0 spiro atoms. The quantitative estimate of drug-likeness (QED) is 0.908. The summed E-state index contributed by atoms with van der Waals surface area (Å²) >= 11 is 0. The summed E-state index contributed by atoms with van der Waals surface area (Å²) in [5.41, 5.74) is -0.185. The molecule has 1 fully saturated rings. The fraction of sp³-hybridized carbons (Fsp3) is 0.333. The Labute approximate surface area is 139 Å². The minimum Gasteiger partial charge on any atom is -0.491 e. The Balaban J connectivity index is 1.53. The van der Waals surface area contributed by atoms with Crippen molar-refractivity contribution in [3.8, 4) is 5.75 Å². The van der Waals surface area contributed by atoms with Gasteiger partial charge in [-0.1, -0.05) is 0 Å². The molecule has 1 saturated heterocycles. The van der Waals surface area contributed by atoms with Crippen LogP contribution in [0.15, 0.2) is 48.8 Å². The van der Waals surface area contributed by atoms with E-state index in [1.807, 2.05) is 0 Å². The Morgan fingerprint density at radius 1 is 1.25 bits per heavy atom. The van der Waals surface area contributed by atoms with Crippen LogP contribution in [0, 0.1) is 5.82 Å². The minimum atomic E-state index is -1.08. The second-order valence-corrected chi connectivity index (χ2v) is 6.06. The van der Waals surface area contributed by atoms with Crippen LogP contribution in [0.5, 0.6) is 5.75 Å². The third kappa shape index (κ3) is 4.08. The maximum atomic E-state index is 12.9. The van der Waals surface area contributed by atoms with Gasteiger partial charge in [-0.25, -0.2) is 4.39 Å². The Hall–Kier alpha value is -2.47. The number of nitrogens with zero attached hydrogens (tertiary/aromatic N) is 2. The first kappa shape index (κ1) is 16.4. The van der Waals surface area contributed by atoms with E-state index in [0.717, 1.165) is 5.56 Å². The van der Waals surface area contributed by atoms with Crippen LogP contribution < -0.4 is 4.74 Å². The highest BCUT2D eigenvalue weighted by Crippen LogP contribution is 2.24. The van der Waals surface area contributed by atoms with Crippen molar-refractivity contribution in [2.45, 2.75) is 18.4 Å². The molecule has 3 rings (SSSR count). The zero-order valence-corrected chi connectivity index (χ0v) is 13.2. The van der Waals surface area contributed by atoms with E-state index in [4.69, 9.17) is 4.74 Å². The number of likely N-dealkylation sites (tertiary alicyclic amines) is 1. The van der Waals surface area contributed by atoms with Gasteiger partial charge in [-0.2, -0.15) is 0 Å². The fourth-order valence-corrected chi connectivity index (χ4v) is 2.72. The lowest BCUT2D eigenvalue weighted by Gasteiger charge is -2.23. The van der Waals surface area contributed by atoms with Gasteiger partial charge in [-0.05, 0) is 48.4 Å². The number of hydrogen-bond donors (Lipinski definition) is 1. The third-order valence-corrected chi connectivity index (χ3v) is 4.11. The highest BCUT2D eigenvalue weighted by molar-refractivity contribution is 5.79. The highest BCUT2D eigenvalue weighted by Gasteiger charge is 2.38. The molecule has 1 amide bonds. The van der Waals surface area contributed by atoms with Gasteiger partial charge in [-0.15, -0.1) is 0 Å². The number of hydrogen-bond acceptors (Lipinski definition) is 4. The first-order valence-corrected chi connectivity index (χ1v) is 7.82. The van der Waals surface area contributed by atoms with E-state index in [0.29, 0.717) is 18.7 Å². The smallest absolute Gasteiger partial charge is 0.227 e. The molecule has 1 aromatic heterocycles. The number of β-amino-alcohol motifs (C(OH)–C–C–N with tert-alkyl or cyclic N) is 1. The Morgan fingerprint density at radius 2 is 1.96 bits per heavy atom. The normalized spacial score (nSPS) is 20.2. The van der Waals surface area contributed by atoms with Gasteiger partial charge in [0.25, 0.3) is 0 Å². The van der Waals surface area contributed by atoms with Crippen LogP contribution in [0.2, 0.25) is 0 Å². The van der Waals surface area contributed by atoms with Crippen molar-refractivity contribution in [1.82, 2.24) is 9.88 Å². The summed E-state index contributed by atoms with van der Waals surface area (Å²) in [7, 11) is 0. The van der Waals surface area contributed by atoms with Crippen molar-refractivity contribution < 1.29 is 19.0 Å². The summed E-state index contributed by atoms with van der Waals surface area (Å²) in [5, 5.41) is 10.6. The van der Waals surface area contributed by atoms with Crippen molar-refractivity contribution in [3.05, 3.63) is 60.2 Å². The molecule has 0 bridgehead atoms. The summed E-state index contributed by atoms with van der Waals surface area (Å²) in [5.74, 6) is 0.125. The van der Waals surface area contributed by atoms with E-state index in [-0.39, 0.29) is 31.3 Å². The number of ether oxygens (including phenoxy) is 1. The van der Waals surface area contributed by atoms with Crippen molar-refractivity contribution in [3.63, 3.8) is 0 Å². The minimum absolute atomic E-state index is 0.0288. The summed E-state index contributed by atoms with van der Waals surface area (Å²) in [4.78, 5) is 17.9. The van der Waals surface area contributed by atoms with Gasteiger partial charge in [0, 0.05) is 18.9 Å². The molecule has 1 aliphatic heterocycles. The molecule has 1 N–H and O–H groups in total. The second-order valence-electron chi connectivity index (χ2n) is 6.06. The lowest BCUT2D eigenvalue weighted by Crippen LogP contribution is -2.41. The molecule has 0 aliphatic carbocycles. The van der Waals surface area contributed by atoms with Gasteiger partial charge in [-0.3, -0.25) is 9.78 Å². The predicted molar refractivity (Wildman–Crippen MR) is 86.0 cm³/mol. The molecule has 5 nitrogen and oxygen atoms in total. The van der Waals surface area contributed by atoms with Gasteiger partial charge in [0.2, 0.25) is 5.91 Å². The van der Waals surface area contributed by atoms with Crippen molar-refractivity contribution in [2.75, 3.05) is 19.7 Å². The Bertz CT molecular complexity index is 693. The summed E-state index contributed by atoms with van der Waals surface area (Å²) in [6.07, 6.45) is 4.05. The lowest BCUT2D eigenvalue weighted by molar-refractivity contribution is -0.130. The molecule has 2 heterocycles. The highest BCUT2D eigenvalue weighted by atomic mass is 19.1. The molecule has 1 aromatic carbocycles. The van der Waals surface area contributed by atoms with E-state index >= 15 is 0 Å². The van der Waals surface area contributed by atoms with E-state index in [1.165, 1.54) is 24.3 Å². The Kier molecular flexibility index (Phi) is 4.76. The van der Waals surface area contributed by atoms with E-state index in [9.17, 15) is 14.3 Å². The number of aliphatic hydroxyl groups is 1. The van der Waals surface area contributed by atoms with Crippen LogP contribution in [0.25, 0.3) is 0 Å². The summed E-state index contributed by atoms with van der Waals surface area (Å²) < 4.78 is 18.4. The number of aromatic nitrogens is 1. The molecular formula is C18H19FN2O3. The zero-order chi connectivity index (χ0) is 17.0. The average Bonchev–Trinajstić information content (AvgIpc) is 2.98. The van der Waals surface area contributed by atoms with Crippen LogP contribution in [0.3, 0.4) is 0 Å². The molecule has 0 saturated carbocycles. The third-order valence-electron chi connectivity index (χ3n) is 4.11. The molecule has 126 valence electrons. The molecule has 0 unspecified atom stereocenters. The van der Waals surface area contributed by atoms with Crippen molar-refractivity contribution >= 4 is 5.91 Å². The number of halogens is 1. The molecule has 0 radical (unpaired) electrons. The van der Waals surface area contributed by atoms with Gasteiger partial charge in [0.15, 0.2) is 0 Å². The van der Waals surface area contributed by atoms with Gasteiger partial charge in [0.1, 0.15) is 23.8 Å². The van der Waals surface area contributed by atoms with E-state index in [1.54, 1.807) is 29.4 Å². The molecule has 2 aromatic rings. The number of amides is 1. The largest absolute Gasteiger partial charge is 0.491 e. The number of pyridine rings is 1. The maximum Gasteiger partial charge on any atom is 0.227 e. The van der Waals surface area contributed by atoms with Gasteiger partial charge < -0.3 is 14.7 Å². The van der Waals surface area contributed by atoms with Gasteiger partial charge >= 0.3 is 0 Å². The molecule has 1 atom stereocenters. The lowest BCUT2D eigenvalue weighted by atomic mass is 10.1. The van der Waals surface area contributed by atoms with Crippen LogP contribution in [0.1, 0.15) is 12.0 Å². The molecule has 6 heteroatoms. The second kappa shape index (κ2) is 6.97. The van der Waals surface area contributed by atoms with Crippen molar-refractivity contribution in [1.29, 1.82) is 0 Å². The van der Waals surface area contributed by atoms with Crippen LogP contribution in [-0.2, 0) is 11.2 Å². The van der Waals surface area contributed by atoms with E-state index in [2.05, 4.69) is 4.98 Å². The number of carbonyl (C=O) groups excluding carboxylic acids is 1. The first-order valence-electron chi connectivity index (χ1n) is 7.82. The first-order chi connectivity index (χ1) is 11.5. The number of rotatable bonds is 5. The van der Waals surface area contributed by atoms with Gasteiger partial charge in [0.05, 0.1) is 13.0 Å². The van der Waals surface area contributed by atoms with Crippen molar-refractivity contribution in [2.24, 2.45) is 0 Å². The van der Waals surface area contributed by atoms with E-state index < -0.39 is 5.60 Å². The van der Waals surface area contributed by atoms with Crippen LogP contribution in [0.4, 0.5) is 4.39 Å². The Morgan fingerprint density at radius 3 is 2.67 bits per heavy atom. The van der Waals surface area contributed by atoms with Crippen LogP contribution >= 0.6 is 0 Å².